The zero-order valence-electron chi connectivity index (χ0n) is 20.6. The number of hydrogen-bond donors (Lipinski definition) is 1. The van der Waals surface area contributed by atoms with Crippen LogP contribution in [0.15, 0.2) is 42.5 Å². The molecule has 0 aromatic heterocycles. The number of hydrogen-bond acceptors (Lipinski definition) is 4. The van der Waals surface area contributed by atoms with E-state index >= 15 is 0 Å². The molecule has 0 heterocycles. The van der Waals surface area contributed by atoms with E-state index < -0.39 is 28.5 Å². The van der Waals surface area contributed by atoms with Crippen LogP contribution in [0.5, 0.6) is 0 Å². The minimum Gasteiger partial charge on any atom is -0.352 e. The SMILES string of the molecule is CC[C@@H](C)NC(=O)[C@@H](C)N(Cc1ccccc1Cl)C(=O)CN(c1ccc(C)cc1C)S(C)(=O)=O. The molecule has 0 unspecified atom stereocenters. The topological polar surface area (TPSA) is 86.8 Å². The van der Waals surface area contributed by atoms with Crippen LogP contribution in [0.2, 0.25) is 5.02 Å². The van der Waals surface area contributed by atoms with Gasteiger partial charge in [-0.05, 0) is 57.4 Å². The molecular weight excluding hydrogens is 474 g/mol. The quantitative estimate of drug-likeness (QED) is 0.525. The van der Waals surface area contributed by atoms with E-state index in [1.165, 1.54) is 4.90 Å². The van der Waals surface area contributed by atoms with Crippen LogP contribution in [0.3, 0.4) is 0 Å². The minimum atomic E-state index is -3.77. The number of nitrogens with zero attached hydrogens (tertiary/aromatic N) is 2. The Bertz CT molecular complexity index is 1140. The van der Waals surface area contributed by atoms with E-state index in [4.69, 9.17) is 11.6 Å². The third kappa shape index (κ3) is 7.21. The maximum atomic E-state index is 13.6. The predicted molar refractivity (Wildman–Crippen MR) is 137 cm³/mol. The molecule has 2 atom stereocenters. The molecule has 0 aliphatic carbocycles. The lowest BCUT2D eigenvalue weighted by atomic mass is 10.1. The van der Waals surface area contributed by atoms with Crippen LogP contribution >= 0.6 is 11.6 Å². The number of carbonyl (C=O) groups is 2. The summed E-state index contributed by atoms with van der Waals surface area (Å²) in [6.45, 7) is 8.82. The number of nitrogens with one attached hydrogen (secondary N) is 1. The van der Waals surface area contributed by atoms with E-state index in [0.717, 1.165) is 28.1 Å². The largest absolute Gasteiger partial charge is 0.352 e. The molecule has 0 aliphatic heterocycles. The van der Waals surface area contributed by atoms with Gasteiger partial charge in [0.25, 0.3) is 0 Å². The number of carbonyl (C=O) groups excluding carboxylic acids is 2. The second kappa shape index (κ2) is 11.7. The van der Waals surface area contributed by atoms with Crippen molar-refractivity contribution in [3.05, 3.63) is 64.2 Å². The van der Waals surface area contributed by atoms with E-state index in [9.17, 15) is 18.0 Å². The summed E-state index contributed by atoms with van der Waals surface area (Å²) in [5, 5.41) is 3.36. The molecule has 186 valence electrons. The van der Waals surface area contributed by atoms with Crippen molar-refractivity contribution in [2.24, 2.45) is 0 Å². The zero-order valence-corrected chi connectivity index (χ0v) is 22.2. The van der Waals surface area contributed by atoms with Crippen LogP contribution in [0.25, 0.3) is 0 Å². The molecule has 0 spiro atoms. The van der Waals surface area contributed by atoms with Gasteiger partial charge in [0.1, 0.15) is 12.6 Å². The Labute approximate surface area is 208 Å². The third-order valence-corrected chi connectivity index (χ3v) is 7.26. The van der Waals surface area contributed by atoms with Gasteiger partial charge in [-0.2, -0.15) is 0 Å². The molecule has 9 heteroatoms. The van der Waals surface area contributed by atoms with Crippen LogP contribution in [-0.2, 0) is 26.2 Å². The van der Waals surface area contributed by atoms with E-state index in [-0.39, 0.29) is 18.5 Å². The normalized spacial score (nSPS) is 13.1. The van der Waals surface area contributed by atoms with Gasteiger partial charge in [0.05, 0.1) is 11.9 Å². The number of aryl methyl sites for hydroxylation is 2. The fourth-order valence-electron chi connectivity index (χ4n) is 3.54. The maximum absolute atomic E-state index is 13.6. The summed E-state index contributed by atoms with van der Waals surface area (Å²) in [5.74, 6) is -0.815. The average Bonchev–Trinajstić information content (AvgIpc) is 2.76. The van der Waals surface area contributed by atoms with Gasteiger partial charge in [0.2, 0.25) is 21.8 Å². The Morgan fingerprint density at radius 2 is 1.74 bits per heavy atom. The van der Waals surface area contributed by atoms with Gasteiger partial charge >= 0.3 is 0 Å². The average molecular weight is 508 g/mol. The molecule has 0 saturated heterocycles. The molecule has 2 amide bonds. The minimum absolute atomic E-state index is 0.0602. The first-order chi connectivity index (χ1) is 15.8. The van der Waals surface area contributed by atoms with Crippen molar-refractivity contribution in [1.29, 1.82) is 0 Å². The maximum Gasteiger partial charge on any atom is 0.244 e. The van der Waals surface area contributed by atoms with Gasteiger partial charge in [0.15, 0.2) is 0 Å². The number of halogens is 1. The molecule has 0 aliphatic rings. The van der Waals surface area contributed by atoms with Gasteiger partial charge in [-0.15, -0.1) is 0 Å². The van der Waals surface area contributed by atoms with E-state index in [0.29, 0.717) is 16.3 Å². The smallest absolute Gasteiger partial charge is 0.244 e. The summed E-state index contributed by atoms with van der Waals surface area (Å²) >= 11 is 6.33. The summed E-state index contributed by atoms with van der Waals surface area (Å²) in [5.41, 5.74) is 2.81. The predicted octanol–water partition coefficient (Wildman–Crippen LogP) is 4.05. The highest BCUT2D eigenvalue weighted by Gasteiger charge is 2.31. The number of benzene rings is 2. The number of sulfonamides is 1. The van der Waals surface area contributed by atoms with Crippen molar-refractivity contribution < 1.29 is 18.0 Å². The lowest BCUT2D eigenvalue weighted by Gasteiger charge is -2.32. The van der Waals surface area contributed by atoms with Gasteiger partial charge in [-0.25, -0.2) is 8.42 Å². The Kier molecular flexibility index (Phi) is 9.53. The van der Waals surface area contributed by atoms with Crippen molar-refractivity contribution in [3.63, 3.8) is 0 Å². The van der Waals surface area contributed by atoms with Crippen molar-refractivity contribution in [2.75, 3.05) is 17.1 Å². The Balaban J connectivity index is 2.43. The van der Waals surface area contributed by atoms with Crippen LogP contribution in [0.4, 0.5) is 5.69 Å². The van der Waals surface area contributed by atoms with Crippen molar-refractivity contribution in [2.45, 2.75) is 59.7 Å². The molecule has 1 N–H and O–H groups in total. The standard InChI is InChI=1S/C25H34ClN3O4S/c1-7-19(4)27-25(31)20(5)28(15-21-10-8-9-11-22(21)26)24(30)16-29(34(6,32)33)23-13-12-17(2)14-18(23)3/h8-14,19-20H,7,15-16H2,1-6H3,(H,27,31)/t19-,20-/m1/s1. The molecule has 0 bridgehead atoms. The van der Waals surface area contributed by atoms with Crippen molar-refractivity contribution in [3.8, 4) is 0 Å². The zero-order chi connectivity index (χ0) is 25.6. The van der Waals surface area contributed by atoms with Gasteiger partial charge in [-0.3, -0.25) is 13.9 Å². The molecule has 34 heavy (non-hydrogen) atoms. The Morgan fingerprint density at radius 3 is 2.29 bits per heavy atom. The monoisotopic (exact) mass is 507 g/mol. The van der Waals surface area contributed by atoms with Crippen LogP contribution in [0, 0.1) is 13.8 Å². The first-order valence-corrected chi connectivity index (χ1v) is 13.5. The van der Waals surface area contributed by atoms with Gasteiger partial charge in [-0.1, -0.05) is 54.4 Å². The lowest BCUT2D eigenvalue weighted by Crippen LogP contribution is -2.52. The molecule has 0 radical (unpaired) electrons. The second-order valence-corrected chi connectivity index (χ2v) is 11.0. The summed E-state index contributed by atoms with van der Waals surface area (Å²) in [6.07, 6.45) is 1.81. The summed E-state index contributed by atoms with van der Waals surface area (Å²) < 4.78 is 26.5. The van der Waals surface area contributed by atoms with Gasteiger partial charge in [0, 0.05) is 17.6 Å². The van der Waals surface area contributed by atoms with Crippen LogP contribution in [-0.4, -0.2) is 50.0 Å². The fourth-order valence-corrected chi connectivity index (χ4v) is 4.64. The van der Waals surface area contributed by atoms with Crippen LogP contribution in [0.1, 0.15) is 43.9 Å². The van der Waals surface area contributed by atoms with E-state index in [2.05, 4.69) is 5.32 Å². The molecule has 0 saturated carbocycles. The highest BCUT2D eigenvalue weighted by Crippen LogP contribution is 2.25. The first-order valence-electron chi connectivity index (χ1n) is 11.2. The molecule has 2 aromatic carbocycles. The molecule has 2 rings (SSSR count). The number of rotatable bonds is 10. The third-order valence-electron chi connectivity index (χ3n) is 5.77. The second-order valence-electron chi connectivity index (χ2n) is 8.67. The number of anilines is 1. The fraction of sp³-hybridized carbons (Fsp3) is 0.440. The molecule has 7 nitrogen and oxygen atoms in total. The highest BCUT2D eigenvalue weighted by molar-refractivity contribution is 7.92. The Morgan fingerprint density at radius 1 is 1.09 bits per heavy atom. The molecule has 2 aromatic rings. The number of amides is 2. The lowest BCUT2D eigenvalue weighted by molar-refractivity contribution is -0.139. The van der Waals surface area contributed by atoms with Crippen molar-refractivity contribution in [1.82, 2.24) is 10.2 Å². The van der Waals surface area contributed by atoms with Crippen LogP contribution < -0.4 is 9.62 Å². The van der Waals surface area contributed by atoms with E-state index in [1.807, 2.05) is 26.8 Å². The highest BCUT2D eigenvalue weighted by atomic mass is 35.5. The molecular formula is C25H34ClN3O4S. The van der Waals surface area contributed by atoms with Gasteiger partial charge < -0.3 is 10.2 Å². The summed E-state index contributed by atoms with van der Waals surface area (Å²) in [7, 11) is -3.77. The first kappa shape index (κ1) is 27.7. The summed E-state index contributed by atoms with van der Waals surface area (Å²) in [6, 6.07) is 11.5. The molecule has 0 fully saturated rings. The Hall–Kier alpha value is -2.58. The summed E-state index contributed by atoms with van der Waals surface area (Å²) in [4.78, 5) is 27.8. The van der Waals surface area contributed by atoms with E-state index in [1.54, 1.807) is 50.2 Å². The van der Waals surface area contributed by atoms with Crippen molar-refractivity contribution >= 4 is 39.1 Å².